The number of nitrogens with zero attached hydrogens (tertiary/aromatic N) is 2. The van der Waals surface area contributed by atoms with Gasteiger partial charge in [-0.1, -0.05) is 11.6 Å². The Morgan fingerprint density at radius 1 is 1.58 bits per heavy atom. The van der Waals surface area contributed by atoms with Gasteiger partial charge in [0.1, 0.15) is 5.15 Å². The van der Waals surface area contributed by atoms with Crippen LogP contribution in [-0.2, 0) is 0 Å². The SMILES string of the molecule is O=Cc1ccnc2n[nH]c(Cl)c12. The van der Waals surface area contributed by atoms with E-state index in [1.54, 1.807) is 6.07 Å². The Balaban J connectivity index is 2.93. The van der Waals surface area contributed by atoms with Crippen molar-refractivity contribution < 1.29 is 4.79 Å². The van der Waals surface area contributed by atoms with Crippen molar-refractivity contribution in [3.05, 3.63) is 23.0 Å². The summed E-state index contributed by atoms with van der Waals surface area (Å²) in [6.45, 7) is 0. The van der Waals surface area contributed by atoms with Gasteiger partial charge in [-0.3, -0.25) is 9.89 Å². The number of rotatable bonds is 1. The highest BCUT2D eigenvalue weighted by molar-refractivity contribution is 6.35. The number of hydrogen-bond acceptors (Lipinski definition) is 3. The Bertz CT molecular complexity index is 437. The number of halogens is 1. The van der Waals surface area contributed by atoms with Gasteiger partial charge < -0.3 is 0 Å². The number of carbonyl (C=O) groups excluding carboxylic acids is 1. The van der Waals surface area contributed by atoms with Gasteiger partial charge in [0.15, 0.2) is 11.9 Å². The molecular formula is C7H4ClN3O. The molecule has 0 aliphatic carbocycles. The van der Waals surface area contributed by atoms with Crippen LogP contribution >= 0.6 is 11.6 Å². The molecule has 0 aromatic carbocycles. The molecular weight excluding hydrogens is 178 g/mol. The van der Waals surface area contributed by atoms with Gasteiger partial charge in [-0.2, -0.15) is 5.10 Å². The molecule has 0 bridgehead atoms. The monoisotopic (exact) mass is 181 g/mol. The molecule has 0 atom stereocenters. The first-order valence-electron chi connectivity index (χ1n) is 3.26. The summed E-state index contributed by atoms with van der Waals surface area (Å²) in [5, 5.41) is 7.27. The van der Waals surface area contributed by atoms with Crippen LogP contribution in [0, 0.1) is 0 Å². The van der Waals surface area contributed by atoms with E-state index in [2.05, 4.69) is 15.2 Å². The summed E-state index contributed by atoms with van der Waals surface area (Å²) in [5.74, 6) is 0. The van der Waals surface area contributed by atoms with E-state index in [4.69, 9.17) is 11.6 Å². The molecule has 60 valence electrons. The number of H-pyrrole nitrogens is 1. The second-order valence-electron chi connectivity index (χ2n) is 2.25. The second-order valence-corrected chi connectivity index (χ2v) is 2.63. The summed E-state index contributed by atoms with van der Waals surface area (Å²) in [5.41, 5.74) is 0.961. The molecule has 5 heteroatoms. The lowest BCUT2D eigenvalue weighted by Crippen LogP contribution is -1.83. The van der Waals surface area contributed by atoms with Crippen molar-refractivity contribution in [2.24, 2.45) is 0 Å². The van der Waals surface area contributed by atoms with Crippen LogP contribution in [0.3, 0.4) is 0 Å². The number of pyridine rings is 1. The van der Waals surface area contributed by atoms with E-state index in [9.17, 15) is 4.79 Å². The van der Waals surface area contributed by atoms with Gasteiger partial charge in [-0.25, -0.2) is 4.98 Å². The van der Waals surface area contributed by atoms with Crippen LogP contribution in [0.25, 0.3) is 11.0 Å². The molecule has 0 amide bonds. The molecule has 4 nitrogen and oxygen atoms in total. The molecule has 2 heterocycles. The third-order valence-corrected chi connectivity index (χ3v) is 1.84. The van der Waals surface area contributed by atoms with Crippen LogP contribution in [0.5, 0.6) is 0 Å². The van der Waals surface area contributed by atoms with Crippen molar-refractivity contribution >= 4 is 28.9 Å². The van der Waals surface area contributed by atoms with Crippen molar-refractivity contribution in [1.29, 1.82) is 0 Å². The van der Waals surface area contributed by atoms with Gasteiger partial charge in [0, 0.05) is 11.8 Å². The highest BCUT2D eigenvalue weighted by atomic mass is 35.5. The Labute approximate surface area is 72.6 Å². The van der Waals surface area contributed by atoms with Crippen LogP contribution in [0.1, 0.15) is 10.4 Å². The van der Waals surface area contributed by atoms with E-state index < -0.39 is 0 Å². The lowest BCUT2D eigenvalue weighted by Gasteiger charge is -1.90. The molecule has 1 N–H and O–H groups in total. The molecule has 0 unspecified atom stereocenters. The molecule has 2 aromatic rings. The van der Waals surface area contributed by atoms with Gasteiger partial charge >= 0.3 is 0 Å². The summed E-state index contributed by atoms with van der Waals surface area (Å²) >= 11 is 5.74. The molecule has 0 saturated heterocycles. The number of aldehydes is 1. The largest absolute Gasteiger partial charge is 0.298 e. The minimum atomic E-state index is 0.347. The minimum Gasteiger partial charge on any atom is -0.298 e. The molecule has 0 saturated carbocycles. The third-order valence-electron chi connectivity index (χ3n) is 1.57. The fraction of sp³-hybridized carbons (Fsp3) is 0. The van der Waals surface area contributed by atoms with E-state index in [-0.39, 0.29) is 0 Å². The van der Waals surface area contributed by atoms with Gasteiger partial charge in [-0.15, -0.1) is 0 Å². The quantitative estimate of drug-likeness (QED) is 0.677. The maximum Gasteiger partial charge on any atom is 0.183 e. The smallest absolute Gasteiger partial charge is 0.183 e. The Hall–Kier alpha value is -1.42. The van der Waals surface area contributed by atoms with Crippen LogP contribution in [0.2, 0.25) is 5.15 Å². The Morgan fingerprint density at radius 3 is 3.17 bits per heavy atom. The molecule has 0 aliphatic rings. The predicted octanol–water partition coefficient (Wildman–Crippen LogP) is 1.42. The third kappa shape index (κ3) is 0.887. The second kappa shape index (κ2) is 2.57. The average molecular weight is 182 g/mol. The maximum atomic E-state index is 10.5. The van der Waals surface area contributed by atoms with Crippen LogP contribution in [-0.4, -0.2) is 21.5 Å². The normalized spacial score (nSPS) is 10.4. The van der Waals surface area contributed by atoms with Crippen LogP contribution in [0.15, 0.2) is 12.3 Å². The first kappa shape index (κ1) is 7.24. The van der Waals surface area contributed by atoms with Crippen LogP contribution in [0.4, 0.5) is 0 Å². The summed E-state index contributed by atoms with van der Waals surface area (Å²) in [6, 6.07) is 1.59. The average Bonchev–Trinajstić information content (AvgIpc) is 2.48. The Kier molecular flexibility index (Phi) is 1.55. The number of fused-ring (bicyclic) bond motifs is 1. The van der Waals surface area contributed by atoms with Crippen molar-refractivity contribution in [1.82, 2.24) is 15.2 Å². The maximum absolute atomic E-state index is 10.5. The summed E-state index contributed by atoms with van der Waals surface area (Å²) in [6.07, 6.45) is 2.24. The highest BCUT2D eigenvalue weighted by Gasteiger charge is 2.07. The lowest BCUT2D eigenvalue weighted by molar-refractivity contribution is 0.112. The number of aromatic amines is 1. The summed E-state index contributed by atoms with van der Waals surface area (Å²) in [7, 11) is 0. The van der Waals surface area contributed by atoms with Crippen molar-refractivity contribution in [2.75, 3.05) is 0 Å². The zero-order chi connectivity index (χ0) is 8.55. The Morgan fingerprint density at radius 2 is 2.42 bits per heavy atom. The number of aromatic nitrogens is 3. The summed E-state index contributed by atoms with van der Waals surface area (Å²) in [4.78, 5) is 14.5. The number of carbonyl (C=O) groups is 1. The molecule has 2 rings (SSSR count). The zero-order valence-electron chi connectivity index (χ0n) is 5.91. The van der Waals surface area contributed by atoms with Crippen molar-refractivity contribution in [3.63, 3.8) is 0 Å². The lowest BCUT2D eigenvalue weighted by atomic mass is 10.2. The number of hydrogen-bond donors (Lipinski definition) is 1. The van der Waals surface area contributed by atoms with Gasteiger partial charge in [-0.05, 0) is 6.07 Å². The minimum absolute atomic E-state index is 0.347. The van der Waals surface area contributed by atoms with Gasteiger partial charge in [0.2, 0.25) is 0 Å². The van der Waals surface area contributed by atoms with Crippen LogP contribution < -0.4 is 0 Å². The predicted molar refractivity (Wildman–Crippen MR) is 44.3 cm³/mol. The zero-order valence-corrected chi connectivity index (χ0v) is 6.67. The summed E-state index contributed by atoms with van der Waals surface area (Å²) < 4.78 is 0. The highest BCUT2D eigenvalue weighted by Crippen LogP contribution is 2.20. The fourth-order valence-electron chi connectivity index (χ4n) is 1.03. The molecule has 0 fully saturated rings. The molecule has 12 heavy (non-hydrogen) atoms. The van der Waals surface area contributed by atoms with E-state index in [0.717, 1.165) is 6.29 Å². The van der Waals surface area contributed by atoms with E-state index >= 15 is 0 Å². The topological polar surface area (TPSA) is 58.6 Å². The van der Waals surface area contributed by atoms with Gasteiger partial charge in [0.05, 0.1) is 5.39 Å². The van der Waals surface area contributed by atoms with E-state index in [1.807, 2.05) is 0 Å². The standard InChI is InChI=1S/C7H4ClN3O/c8-6-5-4(3-12)1-2-9-7(5)11-10-6/h1-3H,(H,9,10,11). The molecule has 2 aromatic heterocycles. The fourth-order valence-corrected chi connectivity index (χ4v) is 1.27. The number of nitrogens with one attached hydrogen (secondary N) is 1. The molecule has 0 aliphatic heterocycles. The molecule has 0 radical (unpaired) electrons. The van der Waals surface area contributed by atoms with E-state index in [1.165, 1.54) is 6.20 Å². The first-order chi connectivity index (χ1) is 5.83. The van der Waals surface area contributed by atoms with Crippen molar-refractivity contribution in [2.45, 2.75) is 0 Å². The van der Waals surface area contributed by atoms with Crippen molar-refractivity contribution in [3.8, 4) is 0 Å². The van der Waals surface area contributed by atoms with E-state index in [0.29, 0.717) is 21.7 Å². The first-order valence-corrected chi connectivity index (χ1v) is 3.64. The molecule has 0 spiro atoms. The van der Waals surface area contributed by atoms with Gasteiger partial charge in [0.25, 0.3) is 0 Å².